The highest BCUT2D eigenvalue weighted by Gasteiger charge is 2.13. The first-order chi connectivity index (χ1) is 14.5. The second kappa shape index (κ2) is 10.0. The van der Waals surface area contributed by atoms with Crippen molar-refractivity contribution < 1.29 is 13.9 Å². The molecule has 0 radical (unpaired) electrons. The van der Waals surface area contributed by atoms with Gasteiger partial charge in [0.15, 0.2) is 0 Å². The molecule has 0 saturated heterocycles. The third kappa shape index (κ3) is 5.79. The average Bonchev–Trinajstić information content (AvgIpc) is 2.78. The van der Waals surface area contributed by atoms with Crippen molar-refractivity contribution in [3.05, 3.63) is 107 Å². The van der Waals surface area contributed by atoms with E-state index >= 15 is 0 Å². The molecule has 150 valence electrons. The van der Waals surface area contributed by atoms with E-state index in [0.717, 1.165) is 11.1 Å². The van der Waals surface area contributed by atoms with Gasteiger partial charge in [0, 0.05) is 0 Å². The van der Waals surface area contributed by atoms with Crippen LogP contribution in [0.1, 0.15) is 29.7 Å². The van der Waals surface area contributed by atoms with Crippen molar-refractivity contribution in [2.45, 2.75) is 19.6 Å². The summed E-state index contributed by atoms with van der Waals surface area (Å²) in [7, 11) is 0. The molecule has 0 unspecified atom stereocenters. The molecular weight excluding hydrogens is 379 g/mol. The Morgan fingerprint density at radius 1 is 1.10 bits per heavy atom. The van der Waals surface area contributed by atoms with Crippen LogP contribution >= 0.6 is 0 Å². The van der Waals surface area contributed by atoms with E-state index in [9.17, 15) is 14.4 Å². The maximum Gasteiger partial charge on any atom is 0.262 e. The Balaban J connectivity index is 1.67. The van der Waals surface area contributed by atoms with Gasteiger partial charge in [0.1, 0.15) is 29.8 Å². The van der Waals surface area contributed by atoms with Gasteiger partial charge in [0.25, 0.3) is 5.91 Å². The second-order valence-corrected chi connectivity index (χ2v) is 6.76. The van der Waals surface area contributed by atoms with E-state index in [0.29, 0.717) is 11.3 Å². The summed E-state index contributed by atoms with van der Waals surface area (Å²) in [6.45, 7) is 2.15. The van der Waals surface area contributed by atoms with Crippen LogP contribution in [0.15, 0.2) is 84.4 Å². The molecule has 1 atom stereocenters. The third-order valence-electron chi connectivity index (χ3n) is 4.50. The maximum absolute atomic E-state index is 13.0. The van der Waals surface area contributed by atoms with Gasteiger partial charge in [-0.1, -0.05) is 54.6 Å². The monoisotopic (exact) mass is 400 g/mol. The van der Waals surface area contributed by atoms with E-state index in [1.807, 2.05) is 43.3 Å². The fraction of sp³-hybridized carbons (Fsp3) is 0.120. The highest BCUT2D eigenvalue weighted by Crippen LogP contribution is 2.18. The molecule has 3 aromatic rings. The lowest BCUT2D eigenvalue weighted by molar-refractivity contribution is -0.117. The zero-order valence-electron chi connectivity index (χ0n) is 16.5. The van der Waals surface area contributed by atoms with E-state index in [-0.39, 0.29) is 24.0 Å². The predicted octanol–water partition coefficient (Wildman–Crippen LogP) is 5.19. The van der Waals surface area contributed by atoms with Crippen LogP contribution in [0.25, 0.3) is 6.08 Å². The van der Waals surface area contributed by atoms with E-state index in [4.69, 9.17) is 4.74 Å². The van der Waals surface area contributed by atoms with Crippen molar-refractivity contribution in [3.8, 4) is 11.8 Å². The van der Waals surface area contributed by atoms with Crippen molar-refractivity contribution in [1.82, 2.24) is 5.32 Å². The van der Waals surface area contributed by atoms with Crippen LogP contribution in [0, 0.1) is 17.1 Å². The van der Waals surface area contributed by atoms with Crippen molar-refractivity contribution in [3.63, 3.8) is 0 Å². The Morgan fingerprint density at radius 2 is 1.83 bits per heavy atom. The van der Waals surface area contributed by atoms with Gasteiger partial charge in [0.2, 0.25) is 0 Å². The summed E-state index contributed by atoms with van der Waals surface area (Å²) in [4.78, 5) is 12.5. The summed E-state index contributed by atoms with van der Waals surface area (Å²) in [5.74, 6) is -0.148. The number of hydrogen-bond donors (Lipinski definition) is 1. The second-order valence-electron chi connectivity index (χ2n) is 6.76. The number of nitrogens with zero attached hydrogens (tertiary/aromatic N) is 1. The first kappa shape index (κ1) is 20.8. The highest BCUT2D eigenvalue weighted by molar-refractivity contribution is 6.01. The summed E-state index contributed by atoms with van der Waals surface area (Å²) in [5.41, 5.74) is 2.47. The van der Waals surface area contributed by atoms with Gasteiger partial charge >= 0.3 is 0 Å². The number of rotatable bonds is 7. The van der Waals surface area contributed by atoms with Crippen LogP contribution in [-0.4, -0.2) is 5.91 Å². The molecular formula is C25H21FN2O2. The highest BCUT2D eigenvalue weighted by atomic mass is 19.1. The topological polar surface area (TPSA) is 62.1 Å². The molecule has 4 nitrogen and oxygen atoms in total. The quantitative estimate of drug-likeness (QED) is 0.439. The number of halogens is 1. The van der Waals surface area contributed by atoms with Crippen molar-refractivity contribution >= 4 is 12.0 Å². The molecule has 0 aliphatic carbocycles. The Kier molecular flexibility index (Phi) is 6.96. The Bertz CT molecular complexity index is 1070. The van der Waals surface area contributed by atoms with E-state index < -0.39 is 5.91 Å². The molecule has 0 bridgehead atoms. The van der Waals surface area contributed by atoms with Crippen molar-refractivity contribution in [1.29, 1.82) is 5.26 Å². The van der Waals surface area contributed by atoms with E-state index in [1.165, 1.54) is 18.2 Å². The normalized spacial score (nSPS) is 12.0. The molecule has 0 fully saturated rings. The molecule has 3 rings (SSSR count). The van der Waals surface area contributed by atoms with Gasteiger partial charge in [-0.05, 0) is 54.0 Å². The zero-order chi connectivity index (χ0) is 21.3. The van der Waals surface area contributed by atoms with Crippen LogP contribution in [0.5, 0.6) is 5.75 Å². The number of carbonyl (C=O) groups is 1. The number of ether oxygens (including phenoxy) is 1. The van der Waals surface area contributed by atoms with Gasteiger partial charge in [-0.15, -0.1) is 0 Å². The third-order valence-corrected chi connectivity index (χ3v) is 4.50. The van der Waals surface area contributed by atoms with E-state index in [1.54, 1.807) is 36.4 Å². The van der Waals surface area contributed by atoms with Crippen LogP contribution in [0.3, 0.4) is 0 Å². The molecule has 1 amide bonds. The Labute approximate surface area is 175 Å². The molecule has 0 heterocycles. The van der Waals surface area contributed by atoms with Crippen molar-refractivity contribution in [2.24, 2.45) is 0 Å². The molecule has 1 N–H and O–H groups in total. The first-order valence-electron chi connectivity index (χ1n) is 9.50. The minimum atomic E-state index is -0.438. The zero-order valence-corrected chi connectivity index (χ0v) is 16.5. The lowest BCUT2D eigenvalue weighted by atomic mass is 10.1. The lowest BCUT2D eigenvalue weighted by Gasteiger charge is -2.13. The molecule has 0 saturated carbocycles. The van der Waals surface area contributed by atoms with Gasteiger partial charge in [0.05, 0.1) is 6.04 Å². The number of nitriles is 1. The van der Waals surface area contributed by atoms with Crippen LogP contribution in [-0.2, 0) is 11.4 Å². The fourth-order valence-electron chi connectivity index (χ4n) is 2.86. The van der Waals surface area contributed by atoms with Crippen molar-refractivity contribution in [2.75, 3.05) is 0 Å². The largest absolute Gasteiger partial charge is 0.489 e. The Hall–Kier alpha value is -3.91. The van der Waals surface area contributed by atoms with Crippen LogP contribution < -0.4 is 10.1 Å². The number of amides is 1. The Morgan fingerprint density at radius 3 is 2.53 bits per heavy atom. The maximum atomic E-state index is 13.0. The smallest absolute Gasteiger partial charge is 0.262 e. The molecule has 0 aliphatic heterocycles. The standard InChI is InChI=1S/C25H21FN2O2/c1-18(21-7-3-2-4-8-21)28-25(29)22(16-27)14-20-6-5-9-24(15-20)30-17-19-10-12-23(26)13-11-19/h2-15,18H,17H2,1H3,(H,28,29)/b22-14-/t18-/m0/s1. The summed E-state index contributed by atoms with van der Waals surface area (Å²) >= 11 is 0. The number of hydrogen-bond acceptors (Lipinski definition) is 3. The molecule has 0 spiro atoms. The molecule has 3 aromatic carbocycles. The van der Waals surface area contributed by atoms with Crippen LogP contribution in [0.4, 0.5) is 4.39 Å². The number of benzene rings is 3. The number of nitrogens with one attached hydrogen (secondary N) is 1. The number of carbonyl (C=O) groups excluding carboxylic acids is 1. The average molecular weight is 400 g/mol. The summed E-state index contributed by atoms with van der Waals surface area (Å²) in [6.07, 6.45) is 1.53. The van der Waals surface area contributed by atoms with E-state index in [2.05, 4.69) is 5.32 Å². The summed E-state index contributed by atoms with van der Waals surface area (Å²) in [5, 5.41) is 12.3. The molecule has 0 aromatic heterocycles. The molecule has 30 heavy (non-hydrogen) atoms. The van der Waals surface area contributed by atoms with Gasteiger partial charge in [-0.2, -0.15) is 5.26 Å². The molecule has 0 aliphatic rings. The minimum absolute atomic E-state index is 0.00784. The lowest BCUT2D eigenvalue weighted by Crippen LogP contribution is -2.27. The van der Waals surface area contributed by atoms with Gasteiger partial charge < -0.3 is 10.1 Å². The summed E-state index contributed by atoms with van der Waals surface area (Å²) in [6, 6.07) is 24.5. The predicted molar refractivity (Wildman–Crippen MR) is 114 cm³/mol. The van der Waals surface area contributed by atoms with Gasteiger partial charge in [-0.25, -0.2) is 4.39 Å². The minimum Gasteiger partial charge on any atom is -0.489 e. The SMILES string of the molecule is C[C@H](NC(=O)/C(C#N)=C\c1cccc(OCc2ccc(F)cc2)c1)c1ccccc1. The fourth-order valence-corrected chi connectivity index (χ4v) is 2.86. The molecule has 5 heteroatoms. The summed E-state index contributed by atoms with van der Waals surface area (Å²) < 4.78 is 18.7. The van der Waals surface area contributed by atoms with Gasteiger partial charge in [-0.3, -0.25) is 4.79 Å². The van der Waals surface area contributed by atoms with Crippen LogP contribution in [0.2, 0.25) is 0 Å². The first-order valence-corrected chi connectivity index (χ1v) is 9.50.